The van der Waals surface area contributed by atoms with Crippen LogP contribution in [0.1, 0.15) is 58.3 Å². The van der Waals surface area contributed by atoms with Crippen molar-refractivity contribution in [3.8, 4) is 0 Å². The van der Waals surface area contributed by atoms with Crippen LogP contribution in [0, 0.1) is 13.8 Å². The van der Waals surface area contributed by atoms with Crippen molar-refractivity contribution in [1.82, 2.24) is 10.2 Å². The summed E-state index contributed by atoms with van der Waals surface area (Å²) in [4.78, 5) is 16.8. The maximum atomic E-state index is 12.9. The number of nitrogens with zero attached hydrogens (tertiary/aromatic N) is 1. The van der Waals surface area contributed by atoms with Gasteiger partial charge in [0.25, 0.3) is 5.91 Å². The molecule has 5 heteroatoms. The molecule has 0 aliphatic carbocycles. The molecule has 0 spiro atoms. The van der Waals surface area contributed by atoms with Crippen LogP contribution in [0.4, 0.5) is 0 Å². The Kier molecular flexibility index (Phi) is 5.83. The smallest absolute Gasteiger partial charge is 0.287 e. The molecule has 1 unspecified atom stereocenters. The first-order valence-corrected chi connectivity index (χ1v) is 11.1. The molecule has 28 heavy (non-hydrogen) atoms. The van der Waals surface area contributed by atoms with Gasteiger partial charge in [-0.3, -0.25) is 9.69 Å². The number of hydrogen-bond acceptors (Lipinski definition) is 4. The molecule has 1 aliphatic heterocycles. The maximum Gasteiger partial charge on any atom is 0.287 e. The van der Waals surface area contributed by atoms with Gasteiger partial charge in [-0.05, 0) is 63.4 Å². The molecule has 3 aromatic rings. The first kappa shape index (κ1) is 19.2. The molecule has 1 atom stereocenters. The summed E-state index contributed by atoms with van der Waals surface area (Å²) in [6.45, 7) is 6.82. The van der Waals surface area contributed by atoms with Crippen molar-refractivity contribution in [2.24, 2.45) is 0 Å². The van der Waals surface area contributed by atoms with Gasteiger partial charge in [0, 0.05) is 22.4 Å². The van der Waals surface area contributed by atoms with Gasteiger partial charge in [-0.25, -0.2) is 0 Å². The van der Waals surface area contributed by atoms with Gasteiger partial charge < -0.3 is 9.73 Å². The summed E-state index contributed by atoms with van der Waals surface area (Å²) in [6, 6.07) is 10.5. The van der Waals surface area contributed by atoms with Crippen LogP contribution in [0.3, 0.4) is 0 Å². The molecule has 4 rings (SSSR count). The van der Waals surface area contributed by atoms with Crippen LogP contribution in [-0.2, 0) is 0 Å². The molecule has 1 amide bonds. The van der Waals surface area contributed by atoms with E-state index >= 15 is 0 Å². The number of thiophene rings is 1. The number of hydrogen-bond donors (Lipinski definition) is 1. The van der Waals surface area contributed by atoms with E-state index in [0.29, 0.717) is 12.3 Å². The van der Waals surface area contributed by atoms with E-state index < -0.39 is 0 Å². The summed E-state index contributed by atoms with van der Waals surface area (Å²) in [6.07, 6.45) is 5.07. The van der Waals surface area contributed by atoms with Crippen LogP contribution in [-0.4, -0.2) is 30.4 Å². The third-order valence-corrected chi connectivity index (χ3v) is 6.68. The number of benzene rings is 1. The fourth-order valence-corrected chi connectivity index (χ4v) is 4.98. The zero-order valence-electron chi connectivity index (χ0n) is 16.7. The second-order valence-corrected chi connectivity index (χ2v) is 8.73. The minimum Gasteiger partial charge on any atom is -0.451 e. The molecular weight excluding hydrogens is 368 g/mol. The highest BCUT2D eigenvalue weighted by Gasteiger charge is 2.24. The molecule has 3 heterocycles. The van der Waals surface area contributed by atoms with Gasteiger partial charge in [0.15, 0.2) is 5.76 Å². The number of furan rings is 1. The van der Waals surface area contributed by atoms with Gasteiger partial charge in [-0.15, -0.1) is 11.3 Å². The summed E-state index contributed by atoms with van der Waals surface area (Å²) < 4.78 is 5.88. The molecule has 0 saturated carbocycles. The maximum absolute atomic E-state index is 12.9. The zero-order valence-corrected chi connectivity index (χ0v) is 17.5. The van der Waals surface area contributed by atoms with E-state index in [2.05, 4.69) is 40.7 Å². The monoisotopic (exact) mass is 396 g/mol. The third kappa shape index (κ3) is 4.01. The van der Waals surface area contributed by atoms with Crippen LogP contribution in [0.15, 0.2) is 40.1 Å². The number of aryl methyl sites for hydroxylation is 2. The molecule has 1 N–H and O–H groups in total. The van der Waals surface area contributed by atoms with Crippen molar-refractivity contribution in [3.05, 3.63) is 57.5 Å². The highest BCUT2D eigenvalue weighted by molar-refractivity contribution is 7.10. The molecule has 0 bridgehead atoms. The largest absolute Gasteiger partial charge is 0.451 e. The third-order valence-electron chi connectivity index (χ3n) is 5.71. The average Bonchev–Trinajstić information content (AvgIpc) is 3.23. The molecule has 1 aromatic carbocycles. The van der Waals surface area contributed by atoms with E-state index in [-0.39, 0.29) is 11.9 Å². The van der Waals surface area contributed by atoms with E-state index in [0.717, 1.165) is 29.6 Å². The molecule has 0 radical (unpaired) electrons. The van der Waals surface area contributed by atoms with Crippen LogP contribution in [0.25, 0.3) is 11.0 Å². The zero-order chi connectivity index (χ0) is 19.5. The highest BCUT2D eigenvalue weighted by atomic mass is 32.1. The normalized spacial score (nSPS) is 16.8. The second kappa shape index (κ2) is 8.50. The summed E-state index contributed by atoms with van der Waals surface area (Å²) in [7, 11) is 0. The Morgan fingerprint density at radius 3 is 2.68 bits per heavy atom. The molecule has 1 aliphatic rings. The summed E-state index contributed by atoms with van der Waals surface area (Å²) in [5, 5.41) is 6.29. The fourth-order valence-electron chi connectivity index (χ4n) is 4.12. The lowest BCUT2D eigenvalue weighted by Crippen LogP contribution is -2.38. The number of fused-ring (bicyclic) bond motifs is 1. The van der Waals surface area contributed by atoms with Gasteiger partial charge >= 0.3 is 0 Å². The van der Waals surface area contributed by atoms with Crippen molar-refractivity contribution in [2.75, 3.05) is 19.6 Å². The quantitative estimate of drug-likeness (QED) is 0.623. The van der Waals surface area contributed by atoms with Gasteiger partial charge in [0.1, 0.15) is 5.58 Å². The van der Waals surface area contributed by atoms with Crippen LogP contribution < -0.4 is 5.32 Å². The molecule has 1 fully saturated rings. The van der Waals surface area contributed by atoms with Gasteiger partial charge in [-0.2, -0.15) is 0 Å². The molecule has 2 aromatic heterocycles. The Balaban J connectivity index is 1.52. The van der Waals surface area contributed by atoms with Crippen LogP contribution in [0.5, 0.6) is 0 Å². The lowest BCUT2D eigenvalue weighted by atomic mass is 10.1. The predicted molar refractivity (Wildman–Crippen MR) is 115 cm³/mol. The number of nitrogens with one attached hydrogen (secondary N) is 1. The Hall–Kier alpha value is -2.11. The fraction of sp³-hybridized carbons (Fsp3) is 0.435. The Morgan fingerprint density at radius 2 is 1.96 bits per heavy atom. The number of likely N-dealkylation sites (tertiary alicyclic amines) is 1. The topological polar surface area (TPSA) is 45.5 Å². The van der Waals surface area contributed by atoms with Crippen molar-refractivity contribution in [3.63, 3.8) is 0 Å². The Bertz CT molecular complexity index is 937. The van der Waals surface area contributed by atoms with Crippen molar-refractivity contribution in [1.29, 1.82) is 0 Å². The van der Waals surface area contributed by atoms with Crippen molar-refractivity contribution < 1.29 is 9.21 Å². The van der Waals surface area contributed by atoms with Crippen LogP contribution >= 0.6 is 11.3 Å². The minimum absolute atomic E-state index is 0.122. The number of carbonyl (C=O) groups excluding carboxylic acids is 1. The highest BCUT2D eigenvalue weighted by Crippen LogP contribution is 2.29. The lowest BCUT2D eigenvalue weighted by Gasteiger charge is -2.30. The predicted octanol–water partition coefficient (Wildman–Crippen LogP) is 5.46. The average molecular weight is 397 g/mol. The first-order chi connectivity index (χ1) is 13.6. The summed E-state index contributed by atoms with van der Waals surface area (Å²) >= 11 is 1.77. The second-order valence-electron chi connectivity index (χ2n) is 7.75. The molecular formula is C23H28N2O2S. The van der Waals surface area contributed by atoms with E-state index in [9.17, 15) is 4.79 Å². The van der Waals surface area contributed by atoms with Gasteiger partial charge in [-0.1, -0.05) is 30.5 Å². The Morgan fingerprint density at radius 1 is 1.18 bits per heavy atom. The van der Waals surface area contributed by atoms with E-state index in [1.165, 1.54) is 36.1 Å². The molecule has 148 valence electrons. The van der Waals surface area contributed by atoms with Crippen LogP contribution in [0.2, 0.25) is 0 Å². The minimum atomic E-state index is -0.122. The van der Waals surface area contributed by atoms with Crippen molar-refractivity contribution in [2.45, 2.75) is 45.6 Å². The summed E-state index contributed by atoms with van der Waals surface area (Å²) in [5.74, 6) is 0.309. The SMILES string of the molecule is Cc1ccc2oc(C(=O)NCC(c3cccs3)N3CCCCCC3)c(C)c2c1. The van der Waals surface area contributed by atoms with Crippen molar-refractivity contribution >= 4 is 28.2 Å². The van der Waals surface area contributed by atoms with E-state index in [4.69, 9.17) is 4.42 Å². The molecule has 4 nitrogen and oxygen atoms in total. The van der Waals surface area contributed by atoms with E-state index in [1.807, 2.05) is 19.1 Å². The van der Waals surface area contributed by atoms with E-state index in [1.54, 1.807) is 11.3 Å². The summed E-state index contributed by atoms with van der Waals surface area (Å²) in [5.41, 5.74) is 2.86. The Labute approximate surface area is 170 Å². The van der Waals surface area contributed by atoms with Gasteiger partial charge in [0.2, 0.25) is 0 Å². The number of amides is 1. The van der Waals surface area contributed by atoms with Gasteiger partial charge in [0.05, 0.1) is 6.04 Å². The number of carbonyl (C=O) groups is 1. The number of rotatable bonds is 5. The molecule has 1 saturated heterocycles. The first-order valence-electron chi connectivity index (χ1n) is 10.2. The lowest BCUT2D eigenvalue weighted by molar-refractivity contribution is 0.0907. The standard InChI is InChI=1S/C23H28N2O2S/c1-16-9-10-20-18(14-16)17(2)22(27-20)23(26)24-15-19(21-8-7-13-28-21)25-11-5-3-4-6-12-25/h7-10,13-14,19H,3-6,11-12,15H2,1-2H3,(H,24,26).